The predicted molar refractivity (Wildman–Crippen MR) is 46.8 cm³/mol. The van der Waals surface area contributed by atoms with Gasteiger partial charge in [0.2, 0.25) is 0 Å². The molecule has 0 aromatic rings. The predicted octanol–water partition coefficient (Wildman–Crippen LogP) is -1.22. The largest absolute Gasteiger partial charge is 0.387 e. The molecule has 2 heterocycles. The Balaban J connectivity index is 2.08. The summed E-state index contributed by atoms with van der Waals surface area (Å²) < 4.78 is 15.9. The molecule has 0 bridgehead atoms. The number of rotatable bonds is 2. The van der Waals surface area contributed by atoms with Crippen molar-refractivity contribution in [3.8, 4) is 0 Å². The van der Waals surface area contributed by atoms with Crippen molar-refractivity contribution in [3.63, 3.8) is 0 Å². The molecular weight excluding hydrogens is 204 g/mol. The van der Waals surface area contributed by atoms with Crippen LogP contribution in [0.15, 0.2) is 0 Å². The first-order valence-corrected chi connectivity index (χ1v) is 4.77. The van der Waals surface area contributed by atoms with Gasteiger partial charge in [-0.25, -0.2) is 0 Å². The topological polar surface area (TPSA) is 85.2 Å². The van der Waals surface area contributed by atoms with Crippen LogP contribution in [0.1, 0.15) is 13.8 Å². The molecule has 2 N–H and O–H groups in total. The molecule has 5 unspecified atom stereocenters. The average Bonchev–Trinajstić information content (AvgIpc) is 2.60. The highest BCUT2D eigenvalue weighted by Gasteiger charge is 2.55. The molecule has 0 saturated carbocycles. The van der Waals surface area contributed by atoms with Crippen LogP contribution >= 0.6 is 0 Å². The molecule has 86 valence electrons. The Morgan fingerprint density at radius 2 is 2.07 bits per heavy atom. The van der Waals surface area contributed by atoms with Gasteiger partial charge in [-0.1, -0.05) is 0 Å². The van der Waals surface area contributed by atoms with E-state index in [0.29, 0.717) is 6.29 Å². The Bertz CT molecular complexity index is 265. The zero-order valence-electron chi connectivity index (χ0n) is 8.49. The van der Waals surface area contributed by atoms with Crippen molar-refractivity contribution < 1.29 is 29.2 Å². The van der Waals surface area contributed by atoms with E-state index in [1.165, 1.54) is 0 Å². The van der Waals surface area contributed by atoms with Gasteiger partial charge >= 0.3 is 0 Å². The van der Waals surface area contributed by atoms with E-state index >= 15 is 0 Å². The fourth-order valence-corrected chi connectivity index (χ4v) is 1.88. The maximum absolute atomic E-state index is 10.4. The number of carbonyl (C=O) groups is 1. The summed E-state index contributed by atoms with van der Waals surface area (Å²) in [5, 5.41) is 19.0. The van der Waals surface area contributed by atoms with E-state index in [4.69, 9.17) is 14.2 Å². The molecule has 2 fully saturated rings. The van der Waals surface area contributed by atoms with Gasteiger partial charge in [-0.05, 0) is 13.8 Å². The molecule has 6 nitrogen and oxygen atoms in total. The Kier molecular flexibility index (Phi) is 2.56. The molecule has 5 atom stereocenters. The van der Waals surface area contributed by atoms with Crippen molar-refractivity contribution in [2.24, 2.45) is 0 Å². The molecule has 2 rings (SSSR count). The van der Waals surface area contributed by atoms with E-state index in [-0.39, 0.29) is 0 Å². The highest BCUT2D eigenvalue weighted by molar-refractivity contribution is 5.57. The first kappa shape index (κ1) is 11.0. The van der Waals surface area contributed by atoms with Crippen molar-refractivity contribution in [2.45, 2.75) is 50.3 Å². The van der Waals surface area contributed by atoms with Crippen LogP contribution < -0.4 is 0 Å². The first-order valence-electron chi connectivity index (χ1n) is 4.77. The van der Waals surface area contributed by atoms with E-state index in [2.05, 4.69) is 0 Å². The number of aldehydes is 1. The van der Waals surface area contributed by atoms with Crippen LogP contribution in [0.3, 0.4) is 0 Å². The van der Waals surface area contributed by atoms with Crippen LogP contribution in [0, 0.1) is 0 Å². The van der Waals surface area contributed by atoms with E-state index in [0.717, 1.165) is 0 Å². The number of ether oxygens (including phenoxy) is 3. The third-order valence-corrected chi connectivity index (χ3v) is 2.53. The lowest BCUT2D eigenvalue weighted by Crippen LogP contribution is -2.41. The minimum absolute atomic E-state index is 0.320. The van der Waals surface area contributed by atoms with Crippen LogP contribution in [0.5, 0.6) is 0 Å². The number of hydrogen-bond donors (Lipinski definition) is 2. The standard InChI is InChI=1S/C9H14O6/c1-9(2)14-7-5(12)6(4(11)3-10)13-8(7)15-9/h3-8,11-12H,1-2H3. The van der Waals surface area contributed by atoms with Gasteiger partial charge < -0.3 is 29.2 Å². The van der Waals surface area contributed by atoms with Crippen LogP contribution in [0.25, 0.3) is 0 Å². The van der Waals surface area contributed by atoms with Gasteiger partial charge in [0, 0.05) is 0 Å². The molecule has 6 heteroatoms. The molecule has 2 aliphatic heterocycles. The van der Waals surface area contributed by atoms with Gasteiger partial charge in [-0.3, -0.25) is 0 Å². The van der Waals surface area contributed by atoms with Crippen LogP contribution in [-0.2, 0) is 19.0 Å². The molecular formula is C9H14O6. The Morgan fingerprint density at radius 3 is 2.60 bits per heavy atom. The van der Waals surface area contributed by atoms with Crippen molar-refractivity contribution in [2.75, 3.05) is 0 Å². The van der Waals surface area contributed by atoms with E-state index in [9.17, 15) is 15.0 Å². The van der Waals surface area contributed by atoms with E-state index in [1.807, 2.05) is 0 Å². The second-order valence-electron chi connectivity index (χ2n) is 4.19. The van der Waals surface area contributed by atoms with Crippen LogP contribution in [0.2, 0.25) is 0 Å². The van der Waals surface area contributed by atoms with Crippen LogP contribution in [-0.4, -0.2) is 53.0 Å². The minimum Gasteiger partial charge on any atom is -0.387 e. The smallest absolute Gasteiger partial charge is 0.190 e. The minimum atomic E-state index is -1.36. The van der Waals surface area contributed by atoms with Crippen molar-refractivity contribution in [1.82, 2.24) is 0 Å². The van der Waals surface area contributed by atoms with E-state index in [1.54, 1.807) is 13.8 Å². The number of carbonyl (C=O) groups excluding carboxylic acids is 1. The fourth-order valence-electron chi connectivity index (χ4n) is 1.88. The lowest BCUT2D eigenvalue weighted by Gasteiger charge is -2.23. The fraction of sp³-hybridized carbons (Fsp3) is 0.889. The summed E-state index contributed by atoms with van der Waals surface area (Å²) in [4.78, 5) is 10.4. The molecule has 2 saturated heterocycles. The molecule has 0 aliphatic carbocycles. The SMILES string of the molecule is CC1(C)OC2OC(C(O)C=O)C(O)C2O1. The molecule has 15 heavy (non-hydrogen) atoms. The number of aliphatic hydroxyl groups excluding tert-OH is 2. The lowest BCUT2D eigenvalue weighted by atomic mass is 10.1. The summed E-state index contributed by atoms with van der Waals surface area (Å²) in [6.07, 6.45) is -4.46. The highest BCUT2D eigenvalue weighted by atomic mass is 16.8. The second-order valence-corrected chi connectivity index (χ2v) is 4.19. The van der Waals surface area contributed by atoms with Crippen molar-refractivity contribution in [3.05, 3.63) is 0 Å². The van der Waals surface area contributed by atoms with Gasteiger partial charge in [0.25, 0.3) is 0 Å². The van der Waals surface area contributed by atoms with Gasteiger partial charge in [0.05, 0.1) is 0 Å². The van der Waals surface area contributed by atoms with Gasteiger partial charge in [0.15, 0.2) is 18.4 Å². The van der Waals surface area contributed by atoms with Crippen molar-refractivity contribution >= 4 is 6.29 Å². The quantitative estimate of drug-likeness (QED) is 0.565. The lowest BCUT2D eigenvalue weighted by molar-refractivity contribution is -0.223. The Labute approximate surface area is 86.7 Å². The average molecular weight is 218 g/mol. The van der Waals surface area contributed by atoms with Crippen molar-refractivity contribution in [1.29, 1.82) is 0 Å². The van der Waals surface area contributed by atoms with Gasteiger partial charge in [0.1, 0.15) is 24.4 Å². The number of fused-ring (bicyclic) bond motifs is 1. The Morgan fingerprint density at radius 1 is 1.40 bits per heavy atom. The number of aliphatic hydroxyl groups is 2. The normalized spacial score (nSPS) is 45.1. The molecule has 0 amide bonds. The third kappa shape index (κ3) is 1.79. The summed E-state index contributed by atoms with van der Waals surface area (Å²) in [6.45, 7) is 3.40. The monoisotopic (exact) mass is 218 g/mol. The Hall–Kier alpha value is -0.530. The van der Waals surface area contributed by atoms with Gasteiger partial charge in [-0.15, -0.1) is 0 Å². The zero-order valence-corrected chi connectivity index (χ0v) is 8.49. The summed E-state index contributed by atoms with van der Waals surface area (Å²) in [6, 6.07) is 0. The maximum Gasteiger partial charge on any atom is 0.190 e. The third-order valence-electron chi connectivity index (χ3n) is 2.53. The molecule has 0 aromatic heterocycles. The summed E-state index contributed by atoms with van der Waals surface area (Å²) in [5.41, 5.74) is 0. The summed E-state index contributed by atoms with van der Waals surface area (Å²) >= 11 is 0. The maximum atomic E-state index is 10.4. The first-order chi connectivity index (χ1) is 6.94. The number of hydrogen-bond acceptors (Lipinski definition) is 6. The highest BCUT2D eigenvalue weighted by Crippen LogP contribution is 2.37. The molecule has 0 aromatic carbocycles. The van der Waals surface area contributed by atoms with Crippen LogP contribution in [0.4, 0.5) is 0 Å². The van der Waals surface area contributed by atoms with E-state index < -0.39 is 36.5 Å². The summed E-state index contributed by atoms with van der Waals surface area (Å²) in [7, 11) is 0. The zero-order chi connectivity index (χ0) is 11.2. The molecule has 0 radical (unpaired) electrons. The second kappa shape index (κ2) is 3.50. The molecule has 0 spiro atoms. The van der Waals surface area contributed by atoms with Gasteiger partial charge in [-0.2, -0.15) is 0 Å². The molecule has 2 aliphatic rings. The summed E-state index contributed by atoms with van der Waals surface area (Å²) in [5.74, 6) is -0.812.